The van der Waals surface area contributed by atoms with Crippen molar-refractivity contribution in [1.82, 2.24) is 0 Å². The molecule has 20 heavy (non-hydrogen) atoms. The molecular formula is C13H9BrClNO4. The molecule has 2 rings (SSSR count). The maximum atomic E-state index is 10.8. The smallest absolute Gasteiger partial charge is 0.273 e. The van der Waals surface area contributed by atoms with E-state index in [1.165, 1.54) is 18.2 Å². The lowest BCUT2D eigenvalue weighted by Gasteiger charge is -2.11. The second-order valence-corrected chi connectivity index (χ2v) is 5.17. The minimum absolute atomic E-state index is 0.0808. The fourth-order valence-electron chi connectivity index (χ4n) is 1.57. The molecule has 104 valence electrons. The Labute approximate surface area is 128 Å². The summed E-state index contributed by atoms with van der Waals surface area (Å²) >= 11 is 9.09. The molecule has 1 N–H and O–H groups in total. The van der Waals surface area contributed by atoms with Crippen LogP contribution < -0.4 is 4.74 Å². The van der Waals surface area contributed by atoms with Gasteiger partial charge in [0, 0.05) is 16.7 Å². The molecular weight excluding hydrogens is 350 g/mol. The van der Waals surface area contributed by atoms with Crippen molar-refractivity contribution >= 4 is 33.2 Å². The van der Waals surface area contributed by atoms with Crippen LogP contribution in [0.4, 0.5) is 5.69 Å². The Morgan fingerprint density at radius 2 is 2.00 bits per heavy atom. The van der Waals surface area contributed by atoms with Gasteiger partial charge in [-0.3, -0.25) is 10.1 Å². The van der Waals surface area contributed by atoms with Gasteiger partial charge >= 0.3 is 0 Å². The fourth-order valence-corrected chi connectivity index (χ4v) is 2.10. The zero-order valence-electron chi connectivity index (χ0n) is 10.0. The number of aliphatic hydroxyl groups excluding tert-OH is 1. The number of nitro benzene ring substituents is 1. The van der Waals surface area contributed by atoms with Crippen LogP contribution in [0.15, 0.2) is 40.9 Å². The van der Waals surface area contributed by atoms with Gasteiger partial charge in [0.05, 0.1) is 22.1 Å². The number of ether oxygens (including phenoxy) is 1. The maximum Gasteiger partial charge on any atom is 0.273 e. The van der Waals surface area contributed by atoms with Crippen LogP contribution >= 0.6 is 27.5 Å². The summed E-state index contributed by atoms with van der Waals surface area (Å²) in [4.78, 5) is 10.3. The lowest BCUT2D eigenvalue weighted by Crippen LogP contribution is -1.94. The van der Waals surface area contributed by atoms with E-state index in [4.69, 9.17) is 16.3 Å². The van der Waals surface area contributed by atoms with Crippen LogP contribution in [0.1, 0.15) is 5.56 Å². The molecule has 5 nitrogen and oxygen atoms in total. The lowest BCUT2D eigenvalue weighted by molar-refractivity contribution is -0.384. The molecule has 7 heteroatoms. The van der Waals surface area contributed by atoms with E-state index in [1.54, 1.807) is 18.2 Å². The minimum atomic E-state index is -0.506. The van der Waals surface area contributed by atoms with E-state index in [0.29, 0.717) is 20.8 Å². The Balaban J connectivity index is 2.39. The van der Waals surface area contributed by atoms with E-state index >= 15 is 0 Å². The Bertz CT molecular complexity index is 663. The van der Waals surface area contributed by atoms with Crippen molar-refractivity contribution in [2.75, 3.05) is 0 Å². The van der Waals surface area contributed by atoms with Crippen LogP contribution in [0.2, 0.25) is 5.02 Å². The summed E-state index contributed by atoms with van der Waals surface area (Å²) in [7, 11) is 0. The molecule has 0 atom stereocenters. The number of nitro groups is 1. The van der Waals surface area contributed by atoms with Gasteiger partial charge in [-0.2, -0.15) is 0 Å². The first kappa shape index (κ1) is 14.8. The van der Waals surface area contributed by atoms with Gasteiger partial charge in [0.1, 0.15) is 11.5 Å². The molecule has 0 saturated carbocycles. The number of nitrogens with zero attached hydrogens (tertiary/aromatic N) is 1. The van der Waals surface area contributed by atoms with E-state index in [2.05, 4.69) is 15.9 Å². The van der Waals surface area contributed by atoms with Gasteiger partial charge in [0.2, 0.25) is 0 Å². The molecule has 0 aliphatic rings. The molecule has 0 aliphatic heterocycles. The number of benzene rings is 2. The van der Waals surface area contributed by atoms with Crippen molar-refractivity contribution < 1.29 is 14.8 Å². The number of halogens is 2. The minimum Gasteiger partial charge on any atom is -0.456 e. The summed E-state index contributed by atoms with van der Waals surface area (Å²) in [6, 6.07) is 8.98. The van der Waals surface area contributed by atoms with Crippen LogP contribution in [0.5, 0.6) is 11.5 Å². The number of hydrogen-bond acceptors (Lipinski definition) is 4. The molecule has 0 saturated heterocycles. The van der Waals surface area contributed by atoms with Crippen LogP contribution in [0.3, 0.4) is 0 Å². The Morgan fingerprint density at radius 1 is 1.25 bits per heavy atom. The topological polar surface area (TPSA) is 72.6 Å². The summed E-state index contributed by atoms with van der Waals surface area (Å²) in [6.45, 7) is -0.248. The van der Waals surface area contributed by atoms with Crippen molar-refractivity contribution in [1.29, 1.82) is 0 Å². The quantitative estimate of drug-likeness (QED) is 0.653. The van der Waals surface area contributed by atoms with Crippen LogP contribution in [-0.4, -0.2) is 10.0 Å². The zero-order chi connectivity index (χ0) is 14.7. The molecule has 0 radical (unpaired) electrons. The largest absolute Gasteiger partial charge is 0.456 e. The first-order valence-electron chi connectivity index (χ1n) is 5.52. The molecule has 0 aromatic heterocycles. The van der Waals surface area contributed by atoms with Gasteiger partial charge in [-0.1, -0.05) is 11.6 Å². The molecule has 2 aromatic carbocycles. The predicted molar refractivity (Wildman–Crippen MR) is 78.2 cm³/mol. The van der Waals surface area contributed by atoms with E-state index in [9.17, 15) is 15.2 Å². The second-order valence-electron chi connectivity index (χ2n) is 3.88. The molecule has 0 aliphatic carbocycles. The van der Waals surface area contributed by atoms with Gasteiger partial charge in [-0.05, 0) is 40.2 Å². The van der Waals surface area contributed by atoms with Gasteiger partial charge < -0.3 is 9.84 Å². The first-order valence-corrected chi connectivity index (χ1v) is 6.69. The summed E-state index contributed by atoms with van der Waals surface area (Å²) in [5.41, 5.74) is 0.415. The van der Waals surface area contributed by atoms with Crippen LogP contribution in [0.25, 0.3) is 0 Å². The van der Waals surface area contributed by atoms with E-state index in [1.807, 2.05) is 0 Å². The normalized spacial score (nSPS) is 10.3. The van der Waals surface area contributed by atoms with E-state index < -0.39 is 4.92 Å². The average Bonchev–Trinajstić information content (AvgIpc) is 2.42. The second kappa shape index (κ2) is 6.21. The fraction of sp³-hybridized carbons (Fsp3) is 0.0769. The molecule has 0 unspecified atom stereocenters. The number of rotatable bonds is 4. The highest BCUT2D eigenvalue weighted by atomic mass is 79.9. The maximum absolute atomic E-state index is 10.8. The lowest BCUT2D eigenvalue weighted by atomic mass is 10.2. The molecule has 0 spiro atoms. The molecule has 0 heterocycles. The predicted octanol–water partition coefficient (Wildman–Crippen LogP) is 4.30. The molecule has 0 bridgehead atoms. The molecule has 2 aromatic rings. The number of non-ortho nitro benzene ring substituents is 1. The van der Waals surface area contributed by atoms with Crippen molar-refractivity contribution in [2.45, 2.75) is 6.61 Å². The van der Waals surface area contributed by atoms with Gasteiger partial charge in [0.25, 0.3) is 5.69 Å². The number of hydrogen-bond donors (Lipinski definition) is 1. The SMILES string of the molecule is O=[N+]([O-])c1ccc(Br)c(Oc2ccc(Cl)cc2CO)c1. The monoisotopic (exact) mass is 357 g/mol. The Kier molecular flexibility index (Phi) is 4.59. The van der Waals surface area contributed by atoms with Crippen molar-refractivity contribution in [3.63, 3.8) is 0 Å². The van der Waals surface area contributed by atoms with Crippen molar-refractivity contribution in [3.8, 4) is 11.5 Å². The molecule has 0 fully saturated rings. The standard InChI is InChI=1S/C13H9BrClNO4/c14-11-3-2-10(16(18)19)6-13(11)20-12-4-1-9(15)5-8(12)7-17/h1-6,17H,7H2. The van der Waals surface area contributed by atoms with E-state index in [0.717, 1.165) is 0 Å². The molecule has 0 amide bonds. The van der Waals surface area contributed by atoms with Crippen LogP contribution in [-0.2, 0) is 6.61 Å². The average molecular weight is 359 g/mol. The highest BCUT2D eigenvalue weighted by Gasteiger charge is 2.13. The van der Waals surface area contributed by atoms with E-state index in [-0.39, 0.29) is 18.0 Å². The van der Waals surface area contributed by atoms with Crippen molar-refractivity contribution in [2.24, 2.45) is 0 Å². The summed E-state index contributed by atoms with van der Waals surface area (Å²) in [5.74, 6) is 0.675. The highest BCUT2D eigenvalue weighted by molar-refractivity contribution is 9.10. The third kappa shape index (κ3) is 3.27. The number of aliphatic hydroxyl groups is 1. The Hall–Kier alpha value is -1.63. The zero-order valence-corrected chi connectivity index (χ0v) is 12.4. The third-order valence-corrected chi connectivity index (χ3v) is 3.43. The van der Waals surface area contributed by atoms with Gasteiger partial charge in [-0.25, -0.2) is 0 Å². The van der Waals surface area contributed by atoms with Gasteiger partial charge in [0.15, 0.2) is 0 Å². The first-order chi connectivity index (χ1) is 9.51. The third-order valence-electron chi connectivity index (χ3n) is 2.54. The highest BCUT2D eigenvalue weighted by Crippen LogP contribution is 2.35. The summed E-state index contributed by atoms with van der Waals surface area (Å²) < 4.78 is 6.18. The summed E-state index contributed by atoms with van der Waals surface area (Å²) in [5, 5.41) is 20.5. The summed E-state index contributed by atoms with van der Waals surface area (Å²) in [6.07, 6.45) is 0. The van der Waals surface area contributed by atoms with Gasteiger partial charge in [-0.15, -0.1) is 0 Å². The Morgan fingerprint density at radius 3 is 2.65 bits per heavy atom. The van der Waals surface area contributed by atoms with Crippen molar-refractivity contribution in [3.05, 3.63) is 61.6 Å². The van der Waals surface area contributed by atoms with Crippen LogP contribution in [0, 0.1) is 10.1 Å².